The average Bonchev–Trinajstić information content (AvgIpc) is 3.46. The van der Waals surface area contributed by atoms with E-state index in [-0.39, 0.29) is 31.1 Å². The minimum absolute atomic E-state index is 0.0827. The highest BCUT2D eigenvalue weighted by atomic mass is 16.6. The van der Waals surface area contributed by atoms with Crippen molar-refractivity contribution in [3.05, 3.63) is 122 Å². The molecule has 0 spiro atoms. The zero-order valence-electron chi connectivity index (χ0n) is 53.0. The molecule has 81 heavy (non-hydrogen) atoms. The van der Waals surface area contributed by atoms with Crippen LogP contribution < -0.4 is 0 Å². The van der Waals surface area contributed by atoms with Crippen LogP contribution >= 0.6 is 0 Å². The van der Waals surface area contributed by atoms with Gasteiger partial charge in [0.1, 0.15) is 13.2 Å². The van der Waals surface area contributed by atoms with E-state index in [1.54, 1.807) is 0 Å². The van der Waals surface area contributed by atoms with Crippen molar-refractivity contribution < 1.29 is 28.6 Å². The normalized spacial score (nSPS) is 12.9. The number of esters is 3. The first-order valence-electron chi connectivity index (χ1n) is 34.0. The molecule has 0 N–H and O–H groups in total. The fourth-order valence-corrected chi connectivity index (χ4v) is 9.37. The lowest BCUT2D eigenvalue weighted by Gasteiger charge is -2.18. The Bertz CT molecular complexity index is 1670. The highest BCUT2D eigenvalue weighted by Crippen LogP contribution is 2.16. The molecule has 0 aliphatic carbocycles. The summed E-state index contributed by atoms with van der Waals surface area (Å²) < 4.78 is 16.9. The van der Waals surface area contributed by atoms with Gasteiger partial charge in [0, 0.05) is 19.3 Å². The Kier molecular flexibility index (Phi) is 64.8. The molecule has 1 unspecified atom stereocenters. The molecule has 0 aromatic rings. The van der Waals surface area contributed by atoms with Crippen molar-refractivity contribution in [2.45, 2.75) is 322 Å². The molecule has 0 aromatic carbocycles. The van der Waals surface area contributed by atoms with Gasteiger partial charge in [0.25, 0.3) is 0 Å². The molecule has 0 aliphatic heterocycles. The minimum Gasteiger partial charge on any atom is -0.462 e. The second-order valence-corrected chi connectivity index (χ2v) is 22.4. The summed E-state index contributed by atoms with van der Waals surface area (Å²) in [5.41, 5.74) is 0. The Hall–Kier alpha value is -4.19. The maximum atomic E-state index is 12.9. The van der Waals surface area contributed by atoms with Gasteiger partial charge in [-0.05, 0) is 116 Å². The Labute approximate surface area is 501 Å². The Morgan fingerprint density at radius 2 is 0.481 bits per heavy atom. The van der Waals surface area contributed by atoms with Gasteiger partial charge in [0.05, 0.1) is 0 Å². The van der Waals surface area contributed by atoms with Gasteiger partial charge in [-0.15, -0.1) is 0 Å². The molecule has 0 aromatic heterocycles. The lowest BCUT2D eigenvalue weighted by molar-refractivity contribution is -0.167. The standard InChI is InChI=1S/C75H126O6/c1-4-7-10-13-16-19-22-25-27-28-29-30-31-32-33-34-35-36-37-38-39-40-41-42-43-44-45-46-48-50-53-56-59-62-65-68-74(77)80-71-72(70-79-73(76)67-64-61-58-55-52-49-24-21-18-15-12-9-6-3)81-75(78)69-66-63-60-57-54-51-47-26-23-20-17-14-11-8-5-2/h7,10,16,19,25-27,29-30,32-33,35-36,38-39,41-42,44-45,47,72H,4-6,8-9,11-15,17-18,20-24,28,31,34,37,40,43,46,48-71H2,1-3H3/b10-7-,19-16-,27-25-,30-29-,33-32-,36-35-,39-38-,42-41-,45-44-,47-26-. The van der Waals surface area contributed by atoms with Crippen molar-refractivity contribution in [2.24, 2.45) is 0 Å². The molecule has 0 saturated heterocycles. The molecule has 0 amide bonds. The molecule has 6 heteroatoms. The van der Waals surface area contributed by atoms with Crippen molar-refractivity contribution in [1.29, 1.82) is 0 Å². The highest BCUT2D eigenvalue weighted by Gasteiger charge is 2.19. The van der Waals surface area contributed by atoms with E-state index in [1.807, 2.05) is 0 Å². The third-order valence-electron chi connectivity index (χ3n) is 14.5. The van der Waals surface area contributed by atoms with Crippen molar-refractivity contribution in [2.75, 3.05) is 13.2 Å². The molecule has 0 bridgehead atoms. The predicted octanol–water partition coefficient (Wildman–Crippen LogP) is 23.6. The molecule has 0 fully saturated rings. The van der Waals surface area contributed by atoms with Crippen LogP contribution in [0.5, 0.6) is 0 Å². The van der Waals surface area contributed by atoms with Crippen LogP contribution in [0.3, 0.4) is 0 Å². The van der Waals surface area contributed by atoms with Crippen molar-refractivity contribution >= 4 is 17.9 Å². The molecule has 0 heterocycles. The smallest absolute Gasteiger partial charge is 0.306 e. The maximum absolute atomic E-state index is 12.9. The molecule has 462 valence electrons. The number of hydrogen-bond acceptors (Lipinski definition) is 6. The Morgan fingerprint density at radius 1 is 0.259 bits per heavy atom. The van der Waals surface area contributed by atoms with E-state index in [0.29, 0.717) is 19.3 Å². The molecule has 6 nitrogen and oxygen atoms in total. The van der Waals surface area contributed by atoms with Crippen LogP contribution in [0.15, 0.2) is 122 Å². The fraction of sp³-hybridized carbons (Fsp3) is 0.693. The molecule has 0 radical (unpaired) electrons. The average molecular weight is 1120 g/mol. The number of carbonyl (C=O) groups is 3. The van der Waals surface area contributed by atoms with Crippen LogP contribution in [-0.4, -0.2) is 37.2 Å². The summed E-state index contributed by atoms with van der Waals surface area (Å²) in [6, 6.07) is 0. The summed E-state index contributed by atoms with van der Waals surface area (Å²) in [6.07, 6.45) is 95.0. The van der Waals surface area contributed by atoms with Gasteiger partial charge < -0.3 is 14.2 Å². The van der Waals surface area contributed by atoms with Crippen LogP contribution in [0.1, 0.15) is 316 Å². The van der Waals surface area contributed by atoms with Gasteiger partial charge in [-0.1, -0.05) is 303 Å². The fourth-order valence-electron chi connectivity index (χ4n) is 9.37. The Morgan fingerprint density at radius 3 is 0.765 bits per heavy atom. The van der Waals surface area contributed by atoms with E-state index < -0.39 is 6.10 Å². The molecule has 0 saturated carbocycles. The molecule has 1 atom stereocenters. The third kappa shape index (κ3) is 66.5. The van der Waals surface area contributed by atoms with Gasteiger partial charge >= 0.3 is 17.9 Å². The first kappa shape index (κ1) is 76.8. The van der Waals surface area contributed by atoms with E-state index in [9.17, 15) is 14.4 Å². The topological polar surface area (TPSA) is 78.9 Å². The maximum Gasteiger partial charge on any atom is 0.306 e. The summed E-state index contributed by atoms with van der Waals surface area (Å²) in [5.74, 6) is -0.894. The number of unbranched alkanes of at least 4 members (excludes halogenated alkanes) is 30. The van der Waals surface area contributed by atoms with Crippen LogP contribution in [-0.2, 0) is 28.6 Å². The van der Waals surface area contributed by atoms with Crippen LogP contribution in [0.25, 0.3) is 0 Å². The van der Waals surface area contributed by atoms with Gasteiger partial charge in [0.2, 0.25) is 0 Å². The molecular formula is C75H126O6. The van der Waals surface area contributed by atoms with Crippen molar-refractivity contribution in [3.63, 3.8) is 0 Å². The summed E-state index contributed by atoms with van der Waals surface area (Å²) in [6.45, 7) is 6.52. The largest absolute Gasteiger partial charge is 0.462 e. The lowest BCUT2D eigenvalue weighted by atomic mass is 10.0. The highest BCUT2D eigenvalue weighted by molar-refractivity contribution is 5.71. The van der Waals surface area contributed by atoms with Crippen LogP contribution in [0.2, 0.25) is 0 Å². The number of ether oxygens (including phenoxy) is 3. The summed E-state index contributed by atoms with van der Waals surface area (Å²) in [4.78, 5) is 38.3. The quantitative estimate of drug-likeness (QED) is 0.0261. The van der Waals surface area contributed by atoms with Crippen molar-refractivity contribution in [1.82, 2.24) is 0 Å². The van der Waals surface area contributed by atoms with Gasteiger partial charge in [0.15, 0.2) is 6.10 Å². The second kappa shape index (κ2) is 68.3. The molecular weight excluding hydrogens is 997 g/mol. The number of allylic oxidation sites excluding steroid dienone is 20. The summed E-state index contributed by atoms with van der Waals surface area (Å²) in [7, 11) is 0. The van der Waals surface area contributed by atoms with Crippen LogP contribution in [0, 0.1) is 0 Å². The zero-order chi connectivity index (χ0) is 58.5. The van der Waals surface area contributed by atoms with E-state index in [4.69, 9.17) is 14.2 Å². The minimum atomic E-state index is -0.788. The van der Waals surface area contributed by atoms with E-state index in [2.05, 4.69) is 142 Å². The zero-order valence-corrected chi connectivity index (χ0v) is 53.0. The predicted molar refractivity (Wildman–Crippen MR) is 353 cm³/mol. The van der Waals surface area contributed by atoms with Gasteiger partial charge in [-0.3, -0.25) is 14.4 Å². The number of rotatable bonds is 61. The number of hydrogen-bond donors (Lipinski definition) is 0. The first-order chi connectivity index (χ1) is 40.0. The first-order valence-corrected chi connectivity index (χ1v) is 34.0. The van der Waals surface area contributed by atoms with Crippen LogP contribution in [0.4, 0.5) is 0 Å². The Balaban J connectivity index is 4.26. The number of carbonyl (C=O) groups excluding carboxylic acids is 3. The summed E-state index contributed by atoms with van der Waals surface area (Å²) in [5, 5.41) is 0. The van der Waals surface area contributed by atoms with Gasteiger partial charge in [-0.2, -0.15) is 0 Å². The lowest BCUT2D eigenvalue weighted by Crippen LogP contribution is -2.30. The van der Waals surface area contributed by atoms with Gasteiger partial charge in [-0.25, -0.2) is 0 Å². The second-order valence-electron chi connectivity index (χ2n) is 22.4. The van der Waals surface area contributed by atoms with Crippen molar-refractivity contribution in [3.8, 4) is 0 Å². The molecule has 0 rings (SSSR count). The monoisotopic (exact) mass is 1120 g/mol. The van der Waals surface area contributed by atoms with E-state index in [1.165, 1.54) is 141 Å². The van der Waals surface area contributed by atoms with E-state index in [0.717, 1.165) is 135 Å². The summed E-state index contributed by atoms with van der Waals surface area (Å²) >= 11 is 0. The molecule has 0 aliphatic rings. The van der Waals surface area contributed by atoms with E-state index >= 15 is 0 Å². The SMILES string of the molecule is CC/C=C\C/C=C\C/C=C\C/C=C\C/C=C\C/C=C\C/C=C\C/C=C\C/C=C\CCCCCCCCCC(=O)OCC(COC(=O)CCCCCCCCCCCCCCC)OC(=O)CCCCCCC/C=C\CCCCCCCC. The third-order valence-corrected chi connectivity index (χ3v) is 14.5.